The van der Waals surface area contributed by atoms with Crippen LogP contribution in [0.15, 0.2) is 30.6 Å². The summed E-state index contributed by atoms with van der Waals surface area (Å²) in [5.74, 6) is 1.65. The average Bonchev–Trinajstić information content (AvgIpc) is 2.44. The SMILES string of the molecule is COc1cccc(COc2cncc(Cl)n2)c1OC. The fraction of sp³-hybridized carbons (Fsp3) is 0.231. The molecule has 0 N–H and O–H groups in total. The highest BCUT2D eigenvalue weighted by Gasteiger charge is 2.10. The molecule has 0 spiro atoms. The Labute approximate surface area is 116 Å². The van der Waals surface area contributed by atoms with Crippen molar-refractivity contribution < 1.29 is 14.2 Å². The highest BCUT2D eigenvalue weighted by molar-refractivity contribution is 6.29. The van der Waals surface area contributed by atoms with E-state index in [0.717, 1.165) is 5.56 Å². The van der Waals surface area contributed by atoms with Gasteiger partial charge < -0.3 is 14.2 Å². The lowest BCUT2D eigenvalue weighted by Crippen LogP contribution is -2.01. The first-order chi connectivity index (χ1) is 9.24. The second kappa shape index (κ2) is 6.24. The van der Waals surface area contributed by atoms with E-state index in [0.29, 0.717) is 17.4 Å². The van der Waals surface area contributed by atoms with E-state index in [1.165, 1.54) is 12.4 Å². The van der Waals surface area contributed by atoms with Crippen molar-refractivity contribution >= 4 is 11.6 Å². The van der Waals surface area contributed by atoms with Crippen molar-refractivity contribution in [2.24, 2.45) is 0 Å². The summed E-state index contributed by atoms with van der Waals surface area (Å²) in [5, 5.41) is 0.287. The number of rotatable bonds is 5. The summed E-state index contributed by atoms with van der Waals surface area (Å²) in [6, 6.07) is 5.57. The number of nitrogens with zero attached hydrogens (tertiary/aromatic N) is 2. The summed E-state index contributed by atoms with van der Waals surface area (Å²) >= 11 is 5.73. The molecule has 19 heavy (non-hydrogen) atoms. The smallest absolute Gasteiger partial charge is 0.234 e. The molecule has 0 fully saturated rings. The Morgan fingerprint density at radius 1 is 1.16 bits per heavy atom. The van der Waals surface area contributed by atoms with Crippen LogP contribution in [0.2, 0.25) is 5.15 Å². The van der Waals surface area contributed by atoms with E-state index in [1.54, 1.807) is 14.2 Å². The molecule has 0 bridgehead atoms. The lowest BCUT2D eigenvalue weighted by atomic mass is 10.2. The van der Waals surface area contributed by atoms with E-state index >= 15 is 0 Å². The minimum atomic E-state index is 0.287. The van der Waals surface area contributed by atoms with E-state index in [-0.39, 0.29) is 11.8 Å². The van der Waals surface area contributed by atoms with Gasteiger partial charge in [-0.2, -0.15) is 4.98 Å². The van der Waals surface area contributed by atoms with Crippen LogP contribution in [0.1, 0.15) is 5.56 Å². The second-order valence-electron chi connectivity index (χ2n) is 3.62. The Bertz CT molecular complexity index is 563. The third kappa shape index (κ3) is 3.26. The van der Waals surface area contributed by atoms with Gasteiger partial charge in [-0.15, -0.1) is 0 Å². The zero-order chi connectivity index (χ0) is 13.7. The van der Waals surface area contributed by atoms with Crippen molar-refractivity contribution in [2.45, 2.75) is 6.61 Å². The minimum absolute atomic E-state index is 0.287. The van der Waals surface area contributed by atoms with Gasteiger partial charge in [0.15, 0.2) is 16.7 Å². The van der Waals surface area contributed by atoms with Gasteiger partial charge in [-0.05, 0) is 6.07 Å². The van der Waals surface area contributed by atoms with Gasteiger partial charge in [0.2, 0.25) is 5.88 Å². The van der Waals surface area contributed by atoms with Crippen LogP contribution < -0.4 is 14.2 Å². The number of benzene rings is 1. The lowest BCUT2D eigenvalue weighted by molar-refractivity contribution is 0.280. The van der Waals surface area contributed by atoms with Gasteiger partial charge in [0, 0.05) is 5.56 Å². The van der Waals surface area contributed by atoms with Crippen molar-refractivity contribution in [3.8, 4) is 17.4 Å². The first-order valence-electron chi connectivity index (χ1n) is 5.55. The standard InChI is InChI=1S/C13H13ClN2O3/c1-17-10-5-3-4-9(13(10)18-2)8-19-12-7-15-6-11(14)16-12/h3-7H,8H2,1-2H3. The third-order valence-electron chi connectivity index (χ3n) is 2.44. The molecular weight excluding hydrogens is 268 g/mol. The van der Waals surface area contributed by atoms with Crippen LogP contribution in [0.3, 0.4) is 0 Å². The zero-order valence-corrected chi connectivity index (χ0v) is 11.3. The maximum Gasteiger partial charge on any atom is 0.234 e. The summed E-state index contributed by atoms with van der Waals surface area (Å²) < 4.78 is 16.1. The van der Waals surface area contributed by atoms with Crippen LogP contribution >= 0.6 is 11.6 Å². The molecule has 0 atom stereocenters. The first-order valence-corrected chi connectivity index (χ1v) is 5.92. The van der Waals surface area contributed by atoms with Gasteiger partial charge in [0.25, 0.3) is 0 Å². The number of aromatic nitrogens is 2. The predicted molar refractivity (Wildman–Crippen MR) is 70.9 cm³/mol. The van der Waals surface area contributed by atoms with Gasteiger partial charge in [-0.3, -0.25) is 4.98 Å². The van der Waals surface area contributed by atoms with E-state index in [2.05, 4.69) is 9.97 Å². The number of hydrogen-bond donors (Lipinski definition) is 0. The Kier molecular flexibility index (Phi) is 4.41. The molecule has 0 unspecified atom stereocenters. The van der Waals surface area contributed by atoms with Crippen molar-refractivity contribution in [1.29, 1.82) is 0 Å². The number of hydrogen-bond acceptors (Lipinski definition) is 5. The van der Waals surface area contributed by atoms with Crippen LogP contribution in [0.25, 0.3) is 0 Å². The van der Waals surface area contributed by atoms with E-state index < -0.39 is 0 Å². The molecule has 0 aliphatic rings. The quantitative estimate of drug-likeness (QED) is 0.843. The molecule has 6 heteroatoms. The minimum Gasteiger partial charge on any atom is -0.493 e. The monoisotopic (exact) mass is 280 g/mol. The van der Waals surface area contributed by atoms with Crippen molar-refractivity contribution in [1.82, 2.24) is 9.97 Å². The van der Waals surface area contributed by atoms with E-state index in [4.69, 9.17) is 25.8 Å². The van der Waals surface area contributed by atoms with Crippen molar-refractivity contribution in [2.75, 3.05) is 14.2 Å². The summed E-state index contributed by atoms with van der Waals surface area (Å²) in [4.78, 5) is 7.89. The molecule has 0 saturated heterocycles. The molecule has 2 aromatic rings. The Hall–Kier alpha value is -2.01. The van der Waals surface area contributed by atoms with Gasteiger partial charge in [-0.1, -0.05) is 23.7 Å². The summed E-state index contributed by atoms with van der Waals surface area (Å²) in [6.07, 6.45) is 2.94. The molecule has 5 nitrogen and oxygen atoms in total. The van der Waals surface area contributed by atoms with Gasteiger partial charge in [0.1, 0.15) is 6.61 Å². The van der Waals surface area contributed by atoms with Gasteiger partial charge in [-0.25, -0.2) is 0 Å². The van der Waals surface area contributed by atoms with Gasteiger partial charge >= 0.3 is 0 Å². The zero-order valence-electron chi connectivity index (χ0n) is 10.6. The Balaban J connectivity index is 2.15. The molecule has 0 aliphatic heterocycles. The van der Waals surface area contributed by atoms with Crippen molar-refractivity contribution in [3.63, 3.8) is 0 Å². The molecule has 0 amide bonds. The van der Waals surface area contributed by atoms with Crippen LogP contribution in [-0.2, 0) is 6.61 Å². The van der Waals surface area contributed by atoms with Crippen LogP contribution in [0.4, 0.5) is 0 Å². The molecule has 1 aromatic heterocycles. The molecule has 1 heterocycles. The predicted octanol–water partition coefficient (Wildman–Crippen LogP) is 2.73. The normalized spacial score (nSPS) is 10.1. The molecule has 1 aromatic carbocycles. The Morgan fingerprint density at radius 3 is 2.68 bits per heavy atom. The van der Waals surface area contributed by atoms with Crippen molar-refractivity contribution in [3.05, 3.63) is 41.3 Å². The largest absolute Gasteiger partial charge is 0.493 e. The van der Waals surface area contributed by atoms with Crippen LogP contribution in [-0.4, -0.2) is 24.2 Å². The maximum absolute atomic E-state index is 5.73. The number of methoxy groups -OCH3 is 2. The molecule has 0 saturated carbocycles. The molecule has 2 rings (SSSR count). The Morgan fingerprint density at radius 2 is 2.00 bits per heavy atom. The number of halogens is 1. The number of ether oxygens (including phenoxy) is 3. The fourth-order valence-electron chi connectivity index (χ4n) is 1.61. The molecule has 0 radical (unpaired) electrons. The molecule has 0 aliphatic carbocycles. The second-order valence-corrected chi connectivity index (χ2v) is 4.01. The summed E-state index contributed by atoms with van der Waals surface area (Å²) in [5.41, 5.74) is 0.851. The topological polar surface area (TPSA) is 53.5 Å². The molecular formula is C13H13ClN2O3. The van der Waals surface area contributed by atoms with E-state index in [9.17, 15) is 0 Å². The number of para-hydroxylation sites is 1. The highest BCUT2D eigenvalue weighted by Crippen LogP contribution is 2.31. The highest BCUT2D eigenvalue weighted by atomic mass is 35.5. The molecule has 100 valence electrons. The summed E-state index contributed by atoms with van der Waals surface area (Å²) in [6.45, 7) is 0.287. The van der Waals surface area contributed by atoms with Crippen LogP contribution in [0, 0.1) is 0 Å². The van der Waals surface area contributed by atoms with E-state index in [1.807, 2.05) is 18.2 Å². The summed E-state index contributed by atoms with van der Waals surface area (Å²) in [7, 11) is 3.17. The fourth-order valence-corrected chi connectivity index (χ4v) is 1.75. The average molecular weight is 281 g/mol. The third-order valence-corrected chi connectivity index (χ3v) is 2.63. The van der Waals surface area contributed by atoms with Gasteiger partial charge in [0.05, 0.1) is 26.6 Å². The maximum atomic E-state index is 5.73. The van der Waals surface area contributed by atoms with Crippen LogP contribution in [0.5, 0.6) is 17.4 Å². The first kappa shape index (κ1) is 13.4. The lowest BCUT2D eigenvalue weighted by Gasteiger charge is -2.12.